The van der Waals surface area contributed by atoms with E-state index < -0.39 is 10.8 Å². The lowest BCUT2D eigenvalue weighted by Gasteiger charge is -2.03. The number of carbonyl (C=O) groups excluding carboxylic acids is 1. The maximum absolute atomic E-state index is 11.8. The molecule has 0 fully saturated rings. The van der Waals surface area contributed by atoms with Gasteiger partial charge >= 0.3 is 0 Å². The van der Waals surface area contributed by atoms with Gasteiger partial charge in [-0.1, -0.05) is 0 Å². The maximum Gasteiger partial charge on any atom is 0.295 e. The van der Waals surface area contributed by atoms with Gasteiger partial charge in [0.15, 0.2) is 0 Å². The van der Waals surface area contributed by atoms with E-state index in [9.17, 15) is 14.9 Å². The predicted molar refractivity (Wildman–Crippen MR) is 66.9 cm³/mol. The van der Waals surface area contributed by atoms with Crippen molar-refractivity contribution in [1.82, 2.24) is 15.2 Å². The number of aryl methyl sites for hydroxylation is 1. The van der Waals surface area contributed by atoms with E-state index >= 15 is 0 Å². The average molecular weight is 272 g/mol. The number of nitro benzene ring substituents is 1. The molecule has 100 valence electrons. The number of nitrogens with zero attached hydrogens (tertiary/aromatic N) is 4. The van der Waals surface area contributed by atoms with Crippen LogP contribution in [0.1, 0.15) is 22.0 Å². The quantitative estimate of drug-likeness (QED) is 0.634. The number of nitrogens with one attached hydrogen (secondary N) is 2. The summed E-state index contributed by atoms with van der Waals surface area (Å²) in [7, 11) is 0. The first kappa shape index (κ1) is 13.2. The minimum Gasteiger partial charge on any atom is -0.313 e. The Hall–Kier alpha value is -3.28. The molecule has 0 aliphatic rings. The van der Waals surface area contributed by atoms with Crippen LogP contribution >= 0.6 is 0 Å². The molecule has 1 heterocycles. The van der Waals surface area contributed by atoms with Crippen molar-refractivity contribution in [2.24, 2.45) is 0 Å². The van der Waals surface area contributed by atoms with Crippen molar-refractivity contribution in [2.75, 3.05) is 5.32 Å². The van der Waals surface area contributed by atoms with Crippen molar-refractivity contribution in [3.8, 4) is 6.07 Å². The van der Waals surface area contributed by atoms with Gasteiger partial charge in [0.2, 0.25) is 5.82 Å². The van der Waals surface area contributed by atoms with Crippen molar-refractivity contribution in [3.63, 3.8) is 0 Å². The lowest BCUT2D eigenvalue weighted by molar-refractivity contribution is -0.383. The van der Waals surface area contributed by atoms with Crippen LogP contribution in [0.15, 0.2) is 18.2 Å². The molecule has 2 aromatic rings. The SMILES string of the molecule is Cc1nc(C(=O)Nc2ccc(C#N)cc2[N+](=O)[O-])n[nH]1. The number of aromatic amines is 1. The molecule has 0 saturated heterocycles. The Kier molecular flexibility index (Phi) is 3.39. The second-order valence-corrected chi connectivity index (χ2v) is 3.80. The van der Waals surface area contributed by atoms with Gasteiger partial charge in [-0.05, 0) is 19.1 Å². The van der Waals surface area contributed by atoms with Crippen LogP contribution in [0.5, 0.6) is 0 Å². The number of rotatable bonds is 3. The van der Waals surface area contributed by atoms with E-state index in [0.29, 0.717) is 5.82 Å². The van der Waals surface area contributed by atoms with E-state index in [2.05, 4.69) is 20.5 Å². The normalized spacial score (nSPS) is 9.80. The fourth-order valence-corrected chi connectivity index (χ4v) is 1.48. The highest BCUT2D eigenvalue weighted by molar-refractivity contribution is 6.02. The third-order valence-corrected chi connectivity index (χ3v) is 2.37. The third-order valence-electron chi connectivity index (χ3n) is 2.37. The Morgan fingerprint density at radius 2 is 2.30 bits per heavy atom. The van der Waals surface area contributed by atoms with Gasteiger partial charge in [-0.25, -0.2) is 4.98 Å². The van der Waals surface area contributed by atoms with Crippen LogP contribution in [0.3, 0.4) is 0 Å². The smallest absolute Gasteiger partial charge is 0.295 e. The van der Waals surface area contributed by atoms with E-state index in [1.807, 2.05) is 0 Å². The molecule has 2 N–H and O–H groups in total. The molecule has 9 heteroatoms. The number of nitro groups is 1. The first-order valence-corrected chi connectivity index (χ1v) is 5.40. The summed E-state index contributed by atoms with van der Waals surface area (Å²) in [6.45, 7) is 1.62. The largest absolute Gasteiger partial charge is 0.313 e. The highest BCUT2D eigenvalue weighted by Gasteiger charge is 2.19. The molecule has 1 aromatic carbocycles. The van der Waals surface area contributed by atoms with Crippen molar-refractivity contribution in [2.45, 2.75) is 6.92 Å². The molecule has 1 aromatic heterocycles. The number of benzene rings is 1. The molecule has 0 radical (unpaired) electrons. The summed E-state index contributed by atoms with van der Waals surface area (Å²) in [5.74, 6) is -0.354. The Bertz CT molecular complexity index is 730. The van der Waals surface area contributed by atoms with Gasteiger partial charge in [0, 0.05) is 6.07 Å². The Morgan fingerprint density at radius 1 is 1.55 bits per heavy atom. The van der Waals surface area contributed by atoms with E-state index in [0.717, 1.165) is 6.07 Å². The number of amides is 1. The number of hydrogen-bond donors (Lipinski definition) is 2. The zero-order valence-electron chi connectivity index (χ0n) is 10.2. The highest BCUT2D eigenvalue weighted by atomic mass is 16.6. The van der Waals surface area contributed by atoms with E-state index in [-0.39, 0.29) is 22.8 Å². The second-order valence-electron chi connectivity index (χ2n) is 3.80. The van der Waals surface area contributed by atoms with E-state index in [1.165, 1.54) is 12.1 Å². The third kappa shape index (κ3) is 2.59. The number of nitriles is 1. The van der Waals surface area contributed by atoms with Crippen LogP contribution in [0.25, 0.3) is 0 Å². The molecule has 0 saturated carbocycles. The summed E-state index contributed by atoms with van der Waals surface area (Å²) < 4.78 is 0. The summed E-state index contributed by atoms with van der Waals surface area (Å²) in [5.41, 5.74) is -0.269. The molecule has 2 rings (SSSR count). The molecular weight excluding hydrogens is 264 g/mol. The maximum atomic E-state index is 11.8. The minimum atomic E-state index is -0.681. The second kappa shape index (κ2) is 5.15. The molecule has 0 unspecified atom stereocenters. The van der Waals surface area contributed by atoms with Crippen LogP contribution in [0.4, 0.5) is 11.4 Å². The summed E-state index contributed by atoms with van der Waals surface area (Å²) in [6, 6.07) is 5.53. The predicted octanol–water partition coefficient (Wildman–Crippen LogP) is 1.15. The van der Waals surface area contributed by atoms with Crippen LogP contribution in [0.2, 0.25) is 0 Å². The lowest BCUT2D eigenvalue weighted by atomic mass is 10.2. The zero-order valence-corrected chi connectivity index (χ0v) is 10.2. The lowest BCUT2D eigenvalue weighted by Crippen LogP contribution is -2.15. The zero-order chi connectivity index (χ0) is 14.7. The van der Waals surface area contributed by atoms with Gasteiger partial charge in [0.25, 0.3) is 11.6 Å². The van der Waals surface area contributed by atoms with Gasteiger partial charge < -0.3 is 5.32 Å². The first-order valence-electron chi connectivity index (χ1n) is 5.40. The molecule has 0 atom stereocenters. The Morgan fingerprint density at radius 3 is 2.85 bits per heavy atom. The van der Waals surface area contributed by atoms with E-state index in [4.69, 9.17) is 5.26 Å². The van der Waals surface area contributed by atoms with Crippen molar-refractivity contribution >= 4 is 17.3 Å². The molecular formula is C11H8N6O3. The number of anilines is 1. The highest BCUT2D eigenvalue weighted by Crippen LogP contribution is 2.25. The molecule has 0 aliphatic carbocycles. The molecule has 0 bridgehead atoms. The number of aromatic nitrogens is 3. The summed E-state index contributed by atoms with van der Waals surface area (Å²) in [6.07, 6.45) is 0. The molecule has 0 aliphatic heterocycles. The fraction of sp³-hybridized carbons (Fsp3) is 0.0909. The van der Waals surface area contributed by atoms with Crippen LogP contribution < -0.4 is 5.32 Å². The van der Waals surface area contributed by atoms with Gasteiger partial charge in [0.1, 0.15) is 11.5 Å². The van der Waals surface area contributed by atoms with Gasteiger partial charge in [-0.3, -0.25) is 20.0 Å². The minimum absolute atomic E-state index is 0.0264. The molecule has 20 heavy (non-hydrogen) atoms. The van der Waals surface area contributed by atoms with Crippen LogP contribution in [-0.2, 0) is 0 Å². The summed E-state index contributed by atoms with van der Waals surface area (Å²) in [5, 5.41) is 28.1. The van der Waals surface area contributed by atoms with Crippen LogP contribution in [-0.4, -0.2) is 26.0 Å². The van der Waals surface area contributed by atoms with E-state index in [1.54, 1.807) is 13.0 Å². The summed E-state index contributed by atoms with van der Waals surface area (Å²) in [4.78, 5) is 25.9. The van der Waals surface area contributed by atoms with Crippen molar-refractivity contribution in [1.29, 1.82) is 5.26 Å². The number of hydrogen-bond acceptors (Lipinski definition) is 6. The Labute approximate surface area is 112 Å². The molecule has 0 spiro atoms. The average Bonchev–Trinajstić information content (AvgIpc) is 2.85. The standard InChI is InChI=1S/C11H8N6O3/c1-6-13-10(16-15-6)11(18)14-8-3-2-7(5-12)4-9(8)17(19)20/h2-4H,1H3,(H,14,18)(H,13,15,16). The van der Waals surface area contributed by atoms with Crippen molar-refractivity contribution < 1.29 is 9.72 Å². The van der Waals surface area contributed by atoms with Gasteiger partial charge in [-0.2, -0.15) is 5.26 Å². The topological polar surface area (TPSA) is 138 Å². The summed E-state index contributed by atoms with van der Waals surface area (Å²) >= 11 is 0. The first-order chi connectivity index (χ1) is 9.51. The Balaban J connectivity index is 2.32. The number of carbonyl (C=O) groups is 1. The van der Waals surface area contributed by atoms with Gasteiger partial charge in [-0.15, -0.1) is 5.10 Å². The van der Waals surface area contributed by atoms with Gasteiger partial charge in [0.05, 0.1) is 16.6 Å². The monoisotopic (exact) mass is 272 g/mol. The van der Waals surface area contributed by atoms with Crippen LogP contribution in [0, 0.1) is 28.4 Å². The number of H-pyrrole nitrogens is 1. The fourth-order valence-electron chi connectivity index (χ4n) is 1.48. The molecule has 1 amide bonds. The van der Waals surface area contributed by atoms with Crippen molar-refractivity contribution in [3.05, 3.63) is 45.5 Å². The molecule has 9 nitrogen and oxygen atoms in total.